The number of halogens is 2. The summed E-state index contributed by atoms with van der Waals surface area (Å²) in [4.78, 5) is 16.4. The van der Waals surface area contributed by atoms with E-state index in [-0.39, 0.29) is 5.69 Å². The molecule has 0 aliphatic carbocycles. The minimum atomic E-state index is -0.468. The highest BCUT2D eigenvalue weighted by molar-refractivity contribution is 7.13. The van der Waals surface area contributed by atoms with Crippen molar-refractivity contribution in [3.8, 4) is 10.4 Å². The quantitative estimate of drug-likeness (QED) is 0.794. The molecular formula is C12H9Cl2NO2S. The van der Waals surface area contributed by atoms with Gasteiger partial charge in [-0.3, -0.25) is 0 Å². The Morgan fingerprint density at radius 1 is 1.39 bits per heavy atom. The molecule has 0 aliphatic rings. The predicted molar refractivity (Wildman–Crippen MR) is 73.5 cm³/mol. The van der Waals surface area contributed by atoms with Crippen LogP contribution in [0.15, 0.2) is 23.7 Å². The minimum Gasteiger partial charge on any atom is -0.461 e. The molecule has 1 heterocycles. The Morgan fingerprint density at radius 3 is 2.67 bits per heavy atom. The largest absolute Gasteiger partial charge is 0.461 e. The molecule has 0 saturated heterocycles. The molecule has 18 heavy (non-hydrogen) atoms. The Balaban J connectivity index is 2.52. The van der Waals surface area contributed by atoms with Crippen LogP contribution in [-0.4, -0.2) is 17.6 Å². The maximum Gasteiger partial charge on any atom is 0.358 e. The Morgan fingerprint density at radius 2 is 2.06 bits per heavy atom. The zero-order valence-electron chi connectivity index (χ0n) is 9.44. The van der Waals surface area contributed by atoms with E-state index in [1.807, 2.05) is 0 Å². The first-order valence-corrected chi connectivity index (χ1v) is 6.83. The van der Waals surface area contributed by atoms with Crippen LogP contribution in [0.1, 0.15) is 17.4 Å². The number of hydrogen-bond acceptors (Lipinski definition) is 4. The SMILES string of the molecule is CCOC(=O)c1ncsc1-c1c(Cl)cccc1Cl. The van der Waals surface area contributed by atoms with Crippen molar-refractivity contribution in [3.05, 3.63) is 39.4 Å². The molecule has 0 spiro atoms. The van der Waals surface area contributed by atoms with E-state index in [4.69, 9.17) is 27.9 Å². The number of thiazole rings is 1. The molecule has 0 radical (unpaired) electrons. The van der Waals surface area contributed by atoms with E-state index >= 15 is 0 Å². The van der Waals surface area contributed by atoms with Crippen molar-refractivity contribution in [1.82, 2.24) is 4.98 Å². The molecular weight excluding hydrogens is 293 g/mol. The topological polar surface area (TPSA) is 39.2 Å². The first-order valence-electron chi connectivity index (χ1n) is 5.20. The second-order valence-electron chi connectivity index (χ2n) is 3.35. The van der Waals surface area contributed by atoms with Crippen molar-refractivity contribution >= 4 is 40.5 Å². The smallest absolute Gasteiger partial charge is 0.358 e. The lowest BCUT2D eigenvalue weighted by molar-refractivity contribution is 0.0521. The molecule has 0 fully saturated rings. The van der Waals surface area contributed by atoms with Gasteiger partial charge in [0, 0.05) is 5.56 Å². The molecule has 3 nitrogen and oxygen atoms in total. The highest BCUT2D eigenvalue weighted by Crippen LogP contribution is 2.38. The molecule has 2 rings (SSSR count). The average molecular weight is 302 g/mol. The summed E-state index contributed by atoms with van der Waals surface area (Å²) in [5.41, 5.74) is 2.43. The Hall–Kier alpha value is -1.10. The average Bonchev–Trinajstić information content (AvgIpc) is 2.78. The maximum absolute atomic E-state index is 11.8. The van der Waals surface area contributed by atoms with Gasteiger partial charge in [0.25, 0.3) is 0 Å². The van der Waals surface area contributed by atoms with Gasteiger partial charge in [0.2, 0.25) is 0 Å². The zero-order valence-corrected chi connectivity index (χ0v) is 11.8. The predicted octanol–water partition coefficient (Wildman–Crippen LogP) is 4.29. The third kappa shape index (κ3) is 2.51. The third-order valence-corrected chi connectivity index (χ3v) is 3.70. The molecule has 1 aromatic carbocycles. The summed E-state index contributed by atoms with van der Waals surface area (Å²) in [6, 6.07) is 5.19. The van der Waals surface area contributed by atoms with Crippen LogP contribution in [0.25, 0.3) is 10.4 Å². The highest BCUT2D eigenvalue weighted by atomic mass is 35.5. The van der Waals surface area contributed by atoms with Gasteiger partial charge in [-0.2, -0.15) is 0 Å². The first-order chi connectivity index (χ1) is 8.65. The molecule has 0 aliphatic heterocycles. The van der Waals surface area contributed by atoms with Crippen LogP contribution >= 0.6 is 34.5 Å². The number of carbonyl (C=O) groups excluding carboxylic acids is 1. The van der Waals surface area contributed by atoms with E-state index in [1.54, 1.807) is 30.6 Å². The van der Waals surface area contributed by atoms with E-state index < -0.39 is 5.97 Å². The number of rotatable bonds is 3. The summed E-state index contributed by atoms with van der Waals surface area (Å²) in [6.07, 6.45) is 0. The molecule has 0 amide bonds. The van der Waals surface area contributed by atoms with Crippen molar-refractivity contribution in [2.75, 3.05) is 6.61 Å². The van der Waals surface area contributed by atoms with Crippen molar-refractivity contribution < 1.29 is 9.53 Å². The van der Waals surface area contributed by atoms with E-state index in [0.29, 0.717) is 27.1 Å². The van der Waals surface area contributed by atoms with E-state index in [2.05, 4.69) is 4.98 Å². The fourth-order valence-electron chi connectivity index (χ4n) is 1.48. The van der Waals surface area contributed by atoms with Gasteiger partial charge in [-0.15, -0.1) is 11.3 Å². The number of ether oxygens (including phenoxy) is 1. The standard InChI is InChI=1S/C12H9Cl2NO2S/c1-2-17-12(16)10-11(18-6-15-10)9-7(13)4-3-5-8(9)14/h3-6H,2H2,1H3. The number of hydrogen-bond donors (Lipinski definition) is 0. The normalized spacial score (nSPS) is 10.4. The fourth-order valence-corrected chi connectivity index (χ4v) is 3.03. The molecule has 1 aromatic heterocycles. The van der Waals surface area contributed by atoms with Crippen LogP contribution in [0.4, 0.5) is 0 Å². The van der Waals surface area contributed by atoms with Gasteiger partial charge >= 0.3 is 5.97 Å². The van der Waals surface area contributed by atoms with E-state index in [9.17, 15) is 4.79 Å². The van der Waals surface area contributed by atoms with Crippen molar-refractivity contribution in [3.63, 3.8) is 0 Å². The number of nitrogens with zero attached hydrogens (tertiary/aromatic N) is 1. The molecule has 6 heteroatoms. The molecule has 0 N–H and O–H groups in total. The van der Waals surface area contributed by atoms with Crippen molar-refractivity contribution in [1.29, 1.82) is 0 Å². The Labute approximate surface area is 118 Å². The Kier molecular flexibility index (Phi) is 4.22. The second kappa shape index (κ2) is 5.69. The van der Waals surface area contributed by atoms with Gasteiger partial charge in [-0.25, -0.2) is 9.78 Å². The van der Waals surface area contributed by atoms with Gasteiger partial charge < -0.3 is 4.74 Å². The summed E-state index contributed by atoms with van der Waals surface area (Å²) in [7, 11) is 0. The highest BCUT2D eigenvalue weighted by Gasteiger charge is 2.21. The molecule has 94 valence electrons. The van der Waals surface area contributed by atoms with Crippen LogP contribution in [-0.2, 0) is 4.74 Å². The summed E-state index contributed by atoms with van der Waals surface area (Å²) in [5.74, 6) is -0.468. The summed E-state index contributed by atoms with van der Waals surface area (Å²) in [5, 5.41) is 0.967. The molecule has 0 atom stereocenters. The van der Waals surface area contributed by atoms with Crippen LogP contribution in [0, 0.1) is 0 Å². The molecule has 0 saturated carbocycles. The van der Waals surface area contributed by atoms with E-state index in [0.717, 1.165) is 0 Å². The van der Waals surface area contributed by atoms with Crippen LogP contribution in [0.3, 0.4) is 0 Å². The van der Waals surface area contributed by atoms with Gasteiger partial charge in [0.05, 0.1) is 27.0 Å². The summed E-state index contributed by atoms with van der Waals surface area (Å²) >= 11 is 13.5. The lowest BCUT2D eigenvalue weighted by atomic mass is 10.1. The molecule has 0 unspecified atom stereocenters. The number of carbonyl (C=O) groups is 1. The molecule has 0 bridgehead atoms. The Bertz CT molecular complexity index is 563. The summed E-state index contributed by atoms with van der Waals surface area (Å²) in [6.45, 7) is 2.04. The number of esters is 1. The maximum atomic E-state index is 11.8. The van der Waals surface area contributed by atoms with E-state index in [1.165, 1.54) is 11.3 Å². The van der Waals surface area contributed by atoms with Gasteiger partial charge in [0.15, 0.2) is 5.69 Å². The van der Waals surface area contributed by atoms with Crippen LogP contribution < -0.4 is 0 Å². The van der Waals surface area contributed by atoms with Gasteiger partial charge in [-0.05, 0) is 19.1 Å². The van der Waals surface area contributed by atoms with Gasteiger partial charge in [-0.1, -0.05) is 29.3 Å². The number of aromatic nitrogens is 1. The molecule has 2 aromatic rings. The van der Waals surface area contributed by atoms with Gasteiger partial charge in [0.1, 0.15) is 0 Å². The monoisotopic (exact) mass is 301 g/mol. The van der Waals surface area contributed by atoms with Crippen molar-refractivity contribution in [2.24, 2.45) is 0 Å². The lowest BCUT2D eigenvalue weighted by Gasteiger charge is -2.06. The lowest BCUT2D eigenvalue weighted by Crippen LogP contribution is -2.06. The van der Waals surface area contributed by atoms with Crippen molar-refractivity contribution in [2.45, 2.75) is 6.92 Å². The van der Waals surface area contributed by atoms with Crippen LogP contribution in [0.2, 0.25) is 10.0 Å². The fraction of sp³-hybridized carbons (Fsp3) is 0.167. The van der Waals surface area contributed by atoms with Crippen LogP contribution in [0.5, 0.6) is 0 Å². The minimum absolute atomic E-state index is 0.247. The summed E-state index contributed by atoms with van der Waals surface area (Å²) < 4.78 is 4.95. The number of benzene rings is 1. The zero-order chi connectivity index (χ0) is 13.1. The first kappa shape index (κ1) is 13.3. The third-order valence-electron chi connectivity index (χ3n) is 2.23. The second-order valence-corrected chi connectivity index (χ2v) is 5.02.